The minimum atomic E-state index is -1.19. The number of thioether (sulfide) groups is 1. The Balaban J connectivity index is 0.000000144. The average Bonchev–Trinajstić information content (AvgIpc) is 4.16. The number of nitrogens with zero attached hydrogens (tertiary/aromatic N) is 6. The molecule has 18 nitrogen and oxygen atoms in total. The van der Waals surface area contributed by atoms with Crippen molar-refractivity contribution in [1.82, 2.24) is 29.9 Å². The standard InChI is InChI=1S/C16H10N2O4S.C16H6N2O2S.C12H8N2O2.C6H10O4S/c19-15(20)13-11(9-5-1-3-7-17-9)12(14(23-13)16(21)22)10-6-2-4-8-18-10;19-13-7-3-1-5-17-11(7)9-10-12-8(4-2-6-18-12)14(20)16(10)21-15(9)13;15-11(9-5-1-3-7-13-9)12(16)10-6-2-4-8-14-10;1-9-5(7)3-11-4-6(8)10-2/h1-8H,(H,19,20)(H,21,22);1-6H;1-8H;3-4H2,1-2H3. The number of pyridine rings is 6. The number of carbonyl (C=O) groups is 6. The zero-order valence-electron chi connectivity index (χ0n) is 37.0. The number of methoxy groups -OCH3 is 2. The largest absolute Gasteiger partial charge is 0.477 e. The van der Waals surface area contributed by atoms with Crippen molar-refractivity contribution in [2.75, 3.05) is 25.7 Å². The van der Waals surface area contributed by atoms with Crippen molar-refractivity contribution in [1.29, 1.82) is 0 Å². The van der Waals surface area contributed by atoms with Crippen molar-refractivity contribution in [2.24, 2.45) is 0 Å². The molecule has 0 fully saturated rings. The second-order valence-electron chi connectivity index (χ2n) is 14.3. The second-order valence-corrected chi connectivity index (χ2v) is 17.3. The Bertz CT molecular complexity index is 3440. The first-order chi connectivity index (χ1) is 34.4. The summed E-state index contributed by atoms with van der Waals surface area (Å²) < 4.78 is 9.93. The molecule has 0 bridgehead atoms. The van der Waals surface area contributed by atoms with Crippen LogP contribution >= 0.6 is 34.4 Å². The first-order valence-corrected chi connectivity index (χ1v) is 23.4. The maximum atomic E-state index is 12.5. The molecule has 0 unspecified atom stereocenters. The van der Waals surface area contributed by atoms with Crippen LogP contribution in [0.4, 0.5) is 0 Å². The van der Waals surface area contributed by atoms with Gasteiger partial charge in [0.05, 0.1) is 57.5 Å². The number of Topliss-reactive ketones (excluding diaryl/α,β-unsaturated/α-hetero) is 2. The van der Waals surface area contributed by atoms with E-state index in [1.807, 2.05) is 0 Å². The van der Waals surface area contributed by atoms with E-state index in [0.29, 0.717) is 53.9 Å². The molecule has 0 aliphatic rings. The van der Waals surface area contributed by atoms with Crippen molar-refractivity contribution in [3.8, 4) is 22.5 Å². The summed E-state index contributed by atoms with van der Waals surface area (Å²) in [6.45, 7) is 0. The van der Waals surface area contributed by atoms with E-state index in [9.17, 15) is 48.6 Å². The molecule has 2 aromatic carbocycles. The van der Waals surface area contributed by atoms with Gasteiger partial charge >= 0.3 is 23.9 Å². The van der Waals surface area contributed by atoms with Crippen molar-refractivity contribution in [3.63, 3.8) is 0 Å². The van der Waals surface area contributed by atoms with Gasteiger partial charge in [-0.1, -0.05) is 24.3 Å². The zero-order chi connectivity index (χ0) is 50.6. The maximum Gasteiger partial charge on any atom is 0.346 e. The van der Waals surface area contributed by atoms with Crippen molar-refractivity contribution in [2.45, 2.75) is 0 Å². The lowest BCUT2D eigenvalue weighted by Crippen LogP contribution is -2.16. The van der Waals surface area contributed by atoms with E-state index in [2.05, 4.69) is 39.4 Å². The first kappa shape index (κ1) is 50.1. The first-order valence-electron chi connectivity index (χ1n) is 20.6. The molecule has 2 N–H and O–H groups in total. The van der Waals surface area contributed by atoms with Gasteiger partial charge in [0.2, 0.25) is 10.9 Å². The van der Waals surface area contributed by atoms with Crippen LogP contribution in [0.1, 0.15) is 40.3 Å². The summed E-state index contributed by atoms with van der Waals surface area (Å²) in [5.41, 5.74) is 2.87. The number of ether oxygens (including phenoxy) is 2. The summed E-state index contributed by atoms with van der Waals surface area (Å²) in [4.78, 5) is 117. The topological polar surface area (TPSA) is 273 Å². The fourth-order valence-electron chi connectivity index (χ4n) is 6.83. The molecule has 71 heavy (non-hydrogen) atoms. The van der Waals surface area contributed by atoms with Crippen LogP contribution in [0.2, 0.25) is 0 Å². The SMILES string of the molecule is COC(=O)CSCC(=O)OC.O=C(C(=O)c1ccccn1)c1ccccn1.O=C(O)c1sc(C(=O)O)c(-c2ccccn2)c1-c1ccccn1.O=c1c2cccnc2c2c1sc1c(=O)c3cccnc3c12. The number of carbonyl (C=O) groups excluding carboxylic acids is 4. The van der Waals surface area contributed by atoms with E-state index in [-0.39, 0.29) is 66.6 Å². The van der Waals surface area contributed by atoms with Gasteiger partial charge in [0.15, 0.2) is 0 Å². The molecule has 10 aromatic rings. The Kier molecular flexibility index (Phi) is 16.2. The van der Waals surface area contributed by atoms with Gasteiger partial charge < -0.3 is 19.7 Å². The number of hydrogen-bond acceptors (Lipinski definition) is 19. The summed E-state index contributed by atoms with van der Waals surface area (Å²) in [7, 11) is 2.61. The Hall–Kier alpha value is -8.79. The number of esters is 2. The highest BCUT2D eigenvalue weighted by molar-refractivity contribution is 8.00. The fraction of sp³-hybridized carbons (Fsp3) is 0.0800. The van der Waals surface area contributed by atoms with E-state index in [1.165, 1.54) is 74.2 Å². The smallest absolute Gasteiger partial charge is 0.346 e. The molecule has 0 atom stereocenters. The molecule has 0 saturated heterocycles. The molecule has 0 aliphatic heterocycles. The summed E-state index contributed by atoms with van der Waals surface area (Å²) in [5.74, 6) is -3.96. The van der Waals surface area contributed by atoms with Crippen molar-refractivity contribution < 1.29 is 48.5 Å². The van der Waals surface area contributed by atoms with E-state index in [0.717, 1.165) is 10.8 Å². The van der Waals surface area contributed by atoms with Gasteiger partial charge in [-0.2, -0.15) is 0 Å². The third kappa shape index (κ3) is 11.1. The normalized spacial score (nSPS) is 10.6. The predicted molar refractivity (Wildman–Crippen MR) is 268 cm³/mol. The number of carboxylic acids is 2. The highest BCUT2D eigenvalue weighted by Crippen LogP contribution is 2.42. The number of aromatic carboxylic acids is 2. The predicted octanol–water partition coefficient (Wildman–Crippen LogP) is 7.62. The lowest BCUT2D eigenvalue weighted by molar-refractivity contribution is -0.137. The number of aromatic nitrogens is 6. The molecule has 0 spiro atoms. The number of carboxylic acid groups (broad SMARTS) is 2. The quantitative estimate of drug-likeness (QED) is 0.0716. The summed E-state index contributed by atoms with van der Waals surface area (Å²) in [6, 6.07) is 26.9. The molecule has 8 heterocycles. The molecular weight excluding hydrogens is 973 g/mol. The Morgan fingerprint density at radius 3 is 1.21 bits per heavy atom. The van der Waals surface area contributed by atoms with Crippen LogP contribution in [-0.4, -0.2) is 101 Å². The van der Waals surface area contributed by atoms with Gasteiger partial charge in [0.25, 0.3) is 11.6 Å². The van der Waals surface area contributed by atoms with Gasteiger partial charge in [-0.15, -0.1) is 34.4 Å². The van der Waals surface area contributed by atoms with E-state index in [4.69, 9.17) is 0 Å². The van der Waals surface area contributed by atoms with Crippen LogP contribution in [0.5, 0.6) is 0 Å². The third-order valence-corrected chi connectivity index (χ3v) is 13.2. The monoisotopic (exact) mass is 1010 g/mol. The number of thiophene rings is 2. The molecular formula is C50H34N6O12S3. The minimum absolute atomic E-state index is 0.0437. The summed E-state index contributed by atoms with van der Waals surface area (Å²) in [6.07, 6.45) is 9.34. The van der Waals surface area contributed by atoms with Crippen LogP contribution in [0.3, 0.4) is 0 Å². The molecule has 10 rings (SSSR count). The average molecular weight is 1010 g/mol. The van der Waals surface area contributed by atoms with Gasteiger partial charge in [-0.05, 0) is 72.8 Å². The van der Waals surface area contributed by atoms with Gasteiger partial charge in [0, 0.05) is 69.9 Å². The van der Waals surface area contributed by atoms with E-state index < -0.39 is 23.5 Å². The number of rotatable bonds is 11. The Morgan fingerprint density at radius 2 is 0.873 bits per heavy atom. The van der Waals surface area contributed by atoms with Gasteiger partial charge in [-0.3, -0.25) is 58.7 Å². The summed E-state index contributed by atoms with van der Waals surface area (Å²) in [5, 5.41) is 21.7. The van der Waals surface area contributed by atoms with Crippen molar-refractivity contribution >= 4 is 112 Å². The Labute approximate surface area is 412 Å². The Morgan fingerprint density at radius 1 is 0.493 bits per heavy atom. The molecule has 0 radical (unpaired) electrons. The lowest BCUT2D eigenvalue weighted by atomic mass is 10.0. The van der Waals surface area contributed by atoms with Gasteiger partial charge in [-0.25, -0.2) is 9.59 Å². The molecule has 0 saturated carbocycles. The molecule has 0 amide bonds. The third-order valence-electron chi connectivity index (χ3n) is 9.93. The van der Waals surface area contributed by atoms with Crippen LogP contribution in [0, 0.1) is 0 Å². The summed E-state index contributed by atoms with van der Waals surface area (Å²) >= 11 is 3.14. The second kappa shape index (κ2) is 23.0. The fourth-order valence-corrected chi connectivity index (χ4v) is 9.71. The van der Waals surface area contributed by atoms with Crippen LogP contribution in [-0.2, 0) is 19.1 Å². The molecule has 8 aromatic heterocycles. The molecule has 354 valence electrons. The molecule has 21 heteroatoms. The minimum Gasteiger partial charge on any atom is -0.477 e. The number of ketones is 2. The lowest BCUT2D eigenvalue weighted by Gasteiger charge is -2.06. The van der Waals surface area contributed by atoms with Crippen LogP contribution in [0.15, 0.2) is 144 Å². The van der Waals surface area contributed by atoms with Crippen molar-refractivity contribution in [3.05, 3.63) is 176 Å². The van der Waals surface area contributed by atoms with E-state index in [1.54, 1.807) is 97.3 Å². The zero-order valence-corrected chi connectivity index (χ0v) is 39.5. The van der Waals surface area contributed by atoms with Crippen LogP contribution < -0.4 is 10.9 Å². The maximum absolute atomic E-state index is 12.5. The van der Waals surface area contributed by atoms with Crippen LogP contribution in [0.25, 0.3) is 64.5 Å². The molecule has 0 aliphatic carbocycles. The number of fused-ring (bicyclic) bond motifs is 7. The number of hydrogen-bond donors (Lipinski definition) is 2. The highest BCUT2D eigenvalue weighted by Gasteiger charge is 2.29. The van der Waals surface area contributed by atoms with E-state index >= 15 is 0 Å². The highest BCUT2D eigenvalue weighted by atomic mass is 32.2. The van der Waals surface area contributed by atoms with Gasteiger partial charge in [0.1, 0.15) is 21.1 Å².